The maximum Gasteiger partial charge on any atom is 0.514 e. The number of carbonyl (C=O) groups is 2. The molecule has 3 aromatic rings. The van der Waals surface area contributed by atoms with Crippen molar-refractivity contribution < 1.29 is 46.2 Å². The molecule has 13 heteroatoms. The smallest absolute Gasteiger partial charge is 0.493 e. The van der Waals surface area contributed by atoms with Crippen LogP contribution in [0.2, 0.25) is 51.4 Å². The Morgan fingerprint density at radius 3 is 1.72 bits per heavy atom. The van der Waals surface area contributed by atoms with E-state index < -0.39 is 43.6 Å². The molecular weight excluding hydrogens is 857 g/mol. The molecule has 3 unspecified atom stereocenters. The average molecular weight is 931 g/mol. The summed E-state index contributed by atoms with van der Waals surface area (Å²) in [4.78, 5) is 24.8. The van der Waals surface area contributed by atoms with Crippen LogP contribution in [-0.2, 0) is 36.0 Å². The van der Waals surface area contributed by atoms with Gasteiger partial charge in [0.2, 0.25) is 0 Å². The number of benzene rings is 3. The summed E-state index contributed by atoms with van der Waals surface area (Å²) in [7, 11) is -2.09. The molecular formula is C51H74O10Si3. The summed E-state index contributed by atoms with van der Waals surface area (Å²) < 4.78 is 46.4. The second-order valence-corrected chi connectivity index (χ2v) is 32.6. The van der Waals surface area contributed by atoms with Crippen LogP contribution in [0.25, 0.3) is 0 Å². The van der Waals surface area contributed by atoms with Crippen LogP contribution in [0, 0.1) is 11.3 Å². The van der Waals surface area contributed by atoms with E-state index in [9.17, 15) is 9.59 Å². The Kier molecular flexibility index (Phi) is 17.0. The first-order chi connectivity index (χ1) is 30.1. The molecule has 0 bridgehead atoms. The van der Waals surface area contributed by atoms with Gasteiger partial charge in [0, 0.05) is 11.8 Å². The number of ether oxygens (including phenoxy) is 6. The lowest BCUT2D eigenvalue weighted by atomic mass is 9.55. The van der Waals surface area contributed by atoms with E-state index in [-0.39, 0.29) is 5.41 Å². The Morgan fingerprint density at radius 1 is 0.703 bits per heavy atom. The van der Waals surface area contributed by atoms with E-state index in [0.717, 1.165) is 73.7 Å². The van der Waals surface area contributed by atoms with Crippen LogP contribution in [0.3, 0.4) is 0 Å². The van der Waals surface area contributed by atoms with Crippen molar-refractivity contribution in [3.05, 3.63) is 107 Å². The molecule has 0 aromatic heterocycles. The lowest BCUT2D eigenvalue weighted by Crippen LogP contribution is -2.52. The molecule has 0 saturated heterocycles. The lowest BCUT2D eigenvalue weighted by Gasteiger charge is -2.49. The number of rotatable bonds is 19. The molecule has 1 saturated carbocycles. The quantitative estimate of drug-likeness (QED) is 0.0655. The van der Waals surface area contributed by atoms with E-state index >= 15 is 0 Å². The van der Waals surface area contributed by atoms with Crippen molar-refractivity contribution in [2.45, 2.75) is 142 Å². The van der Waals surface area contributed by atoms with Gasteiger partial charge in [-0.1, -0.05) is 75.4 Å². The summed E-state index contributed by atoms with van der Waals surface area (Å²) in [6, 6.07) is 24.2. The molecule has 0 spiro atoms. The van der Waals surface area contributed by atoms with Crippen molar-refractivity contribution >= 4 is 37.5 Å². The van der Waals surface area contributed by atoms with Crippen LogP contribution in [0.15, 0.2) is 90.0 Å². The third-order valence-corrected chi connectivity index (χ3v) is 24.8. The van der Waals surface area contributed by atoms with Gasteiger partial charge in [0.1, 0.15) is 6.10 Å². The van der Waals surface area contributed by atoms with Crippen molar-refractivity contribution in [1.82, 2.24) is 0 Å². The Morgan fingerprint density at radius 2 is 1.23 bits per heavy atom. The topological polar surface area (TPSA) is 108 Å². The first kappa shape index (κ1) is 50.8. The Labute approximate surface area is 386 Å². The van der Waals surface area contributed by atoms with Gasteiger partial charge >= 0.3 is 20.9 Å². The van der Waals surface area contributed by atoms with E-state index in [1.165, 1.54) is 18.2 Å². The summed E-state index contributed by atoms with van der Waals surface area (Å²) in [5.41, 5.74) is 6.15. The second-order valence-electron chi connectivity index (χ2n) is 20.1. The highest BCUT2D eigenvalue weighted by Gasteiger charge is 2.46. The first-order valence-corrected chi connectivity index (χ1v) is 32.0. The summed E-state index contributed by atoms with van der Waals surface area (Å²) in [5.74, 6) is 2.22. The van der Waals surface area contributed by atoms with Gasteiger partial charge in [-0.2, -0.15) is 0 Å². The summed E-state index contributed by atoms with van der Waals surface area (Å²) in [5, 5.41) is 0. The average Bonchev–Trinajstić information content (AvgIpc) is 3.22. The molecule has 0 radical (unpaired) electrons. The number of hydrogen-bond acceptors (Lipinski definition) is 10. The number of aryl methyl sites for hydroxylation is 2. The molecule has 2 aliphatic carbocycles. The lowest BCUT2D eigenvalue weighted by molar-refractivity contribution is 0.0706. The molecule has 0 amide bonds. The molecule has 64 heavy (non-hydrogen) atoms. The fourth-order valence-electron chi connectivity index (χ4n) is 9.58. The predicted molar refractivity (Wildman–Crippen MR) is 262 cm³/mol. The molecule has 2 aliphatic rings. The van der Waals surface area contributed by atoms with E-state index in [4.69, 9.17) is 31.9 Å². The van der Waals surface area contributed by atoms with Crippen LogP contribution in [0.5, 0.6) is 23.0 Å². The molecule has 350 valence electrons. The standard InChI is InChI=1S/C51H74O10Si3/c1-37-33-42(51(41-21-15-14-16-22-41)30-29-50(3,4)38(2)36-51)25-28-43(37)57-49(53)59-45-27-24-40(35-47(45)55-6)20-18-32-63(10,11)61-64(12,13)60-62(8,9)31-17-19-39-23-26-44(46(34-39)54-5)58-48(52)56-7/h14-16,21-27,33-35,38,43H,17-20,28-32,36H2,1-13H3. The summed E-state index contributed by atoms with van der Waals surface area (Å²) in [6.45, 7) is 22.7. The van der Waals surface area contributed by atoms with Gasteiger partial charge in [0.15, 0.2) is 39.6 Å². The SMILES string of the molecule is COC(=O)Oc1ccc(CCC[Si](C)(C)O[Si](C)(C)O[Si](C)(C)CCCc2ccc(OC(=O)OC3CC=C(C4(c5ccccc5)CCC(C)(C)C(C)C4)C=C3C)c(OC)c2)cc1OC. The van der Waals surface area contributed by atoms with Crippen LogP contribution in [0.1, 0.15) is 82.9 Å². The second kappa shape index (κ2) is 21.4. The van der Waals surface area contributed by atoms with Crippen LogP contribution in [0.4, 0.5) is 9.59 Å². The van der Waals surface area contributed by atoms with Crippen molar-refractivity contribution in [2.24, 2.45) is 11.3 Å². The van der Waals surface area contributed by atoms with Crippen molar-refractivity contribution in [3.8, 4) is 23.0 Å². The monoisotopic (exact) mass is 930 g/mol. The highest BCUT2D eigenvalue weighted by atomic mass is 28.5. The largest absolute Gasteiger partial charge is 0.514 e. The minimum absolute atomic E-state index is 0.0606. The Bertz CT molecular complexity index is 2130. The van der Waals surface area contributed by atoms with Crippen molar-refractivity contribution in [1.29, 1.82) is 0 Å². The third kappa shape index (κ3) is 13.7. The summed E-state index contributed by atoms with van der Waals surface area (Å²) >= 11 is 0. The van der Waals surface area contributed by atoms with Gasteiger partial charge in [0.25, 0.3) is 0 Å². The Hall–Kier alpha value is -4.15. The summed E-state index contributed by atoms with van der Waals surface area (Å²) in [6.07, 6.45) is 10.2. The highest BCUT2D eigenvalue weighted by Crippen LogP contribution is 2.54. The zero-order chi connectivity index (χ0) is 46.9. The van der Waals surface area contributed by atoms with E-state index in [1.54, 1.807) is 26.4 Å². The molecule has 0 aliphatic heterocycles. The molecule has 0 heterocycles. The zero-order valence-electron chi connectivity index (χ0n) is 40.8. The highest BCUT2D eigenvalue weighted by molar-refractivity contribution is 6.87. The van der Waals surface area contributed by atoms with Crippen LogP contribution < -0.4 is 18.9 Å². The number of methoxy groups -OCH3 is 3. The minimum Gasteiger partial charge on any atom is -0.493 e. The first-order valence-electron chi connectivity index (χ1n) is 22.9. The fraction of sp³-hybridized carbons (Fsp3) is 0.529. The molecule has 0 N–H and O–H groups in total. The molecule has 10 nitrogen and oxygen atoms in total. The van der Waals surface area contributed by atoms with Gasteiger partial charge in [-0.05, 0) is 167 Å². The number of hydrogen-bond donors (Lipinski definition) is 0. The molecule has 3 aromatic carbocycles. The van der Waals surface area contributed by atoms with Gasteiger partial charge in [-0.15, -0.1) is 0 Å². The van der Waals surface area contributed by atoms with Crippen LogP contribution in [-0.4, -0.2) is 64.9 Å². The fourth-order valence-corrected chi connectivity index (χ4v) is 23.6. The van der Waals surface area contributed by atoms with E-state index in [2.05, 4.69) is 114 Å². The maximum absolute atomic E-state index is 13.2. The van der Waals surface area contributed by atoms with E-state index in [1.807, 2.05) is 24.3 Å². The number of carbonyl (C=O) groups excluding carboxylic acids is 2. The van der Waals surface area contributed by atoms with Gasteiger partial charge in [-0.25, -0.2) is 9.59 Å². The third-order valence-electron chi connectivity index (χ3n) is 13.3. The Balaban J connectivity index is 1.09. The van der Waals surface area contributed by atoms with Gasteiger partial charge < -0.3 is 36.7 Å². The molecule has 1 fully saturated rings. The molecule has 3 atom stereocenters. The van der Waals surface area contributed by atoms with Crippen LogP contribution >= 0.6 is 0 Å². The van der Waals surface area contributed by atoms with Gasteiger partial charge in [0.05, 0.1) is 21.3 Å². The van der Waals surface area contributed by atoms with E-state index in [0.29, 0.717) is 40.8 Å². The van der Waals surface area contributed by atoms with Crippen molar-refractivity contribution in [2.75, 3.05) is 21.3 Å². The predicted octanol–water partition coefficient (Wildman–Crippen LogP) is 13.5. The normalized spacial score (nSPS) is 20.1. The minimum atomic E-state index is -2.41. The maximum atomic E-state index is 13.2. The van der Waals surface area contributed by atoms with Crippen molar-refractivity contribution in [3.63, 3.8) is 0 Å². The number of allylic oxidation sites excluding steroid dienone is 2. The van der Waals surface area contributed by atoms with Gasteiger partial charge in [-0.3, -0.25) is 0 Å². The zero-order valence-corrected chi connectivity index (χ0v) is 43.8. The molecule has 5 rings (SSSR count).